The summed E-state index contributed by atoms with van der Waals surface area (Å²) >= 11 is 0. The summed E-state index contributed by atoms with van der Waals surface area (Å²) in [5.74, 6) is 0. The molecule has 2 heterocycles. The van der Waals surface area contributed by atoms with E-state index in [0.717, 1.165) is 55.8 Å². The van der Waals surface area contributed by atoms with Gasteiger partial charge >= 0.3 is 0 Å². The van der Waals surface area contributed by atoms with Crippen LogP contribution in [0.25, 0.3) is 93.6 Å². The van der Waals surface area contributed by atoms with Crippen LogP contribution in [0.3, 0.4) is 0 Å². The first-order chi connectivity index (χ1) is 30.3. The zero-order valence-electron chi connectivity index (χ0n) is 33.2. The second kappa shape index (κ2) is 14.3. The molecule has 0 N–H and O–H groups in total. The van der Waals surface area contributed by atoms with Crippen molar-refractivity contribution in [3.05, 3.63) is 231 Å². The van der Waals surface area contributed by atoms with Gasteiger partial charge in [0, 0.05) is 33.2 Å². The maximum atomic E-state index is 6.37. The van der Waals surface area contributed by atoms with Crippen molar-refractivity contribution >= 4 is 71.6 Å². The molecule has 0 amide bonds. The van der Waals surface area contributed by atoms with Gasteiger partial charge in [-0.3, -0.25) is 0 Å². The third kappa shape index (κ3) is 5.82. The van der Waals surface area contributed by atoms with Crippen LogP contribution in [-0.2, 0) is 0 Å². The summed E-state index contributed by atoms with van der Waals surface area (Å²) in [6.45, 7) is 0. The number of fused-ring (bicyclic) bond motifs is 8. The van der Waals surface area contributed by atoms with E-state index in [9.17, 15) is 0 Å². The van der Waals surface area contributed by atoms with Gasteiger partial charge in [-0.15, -0.1) is 0 Å². The molecular weight excluding hydrogens is 741 g/mol. The summed E-state index contributed by atoms with van der Waals surface area (Å²) < 4.78 is 8.78. The third-order valence-corrected chi connectivity index (χ3v) is 12.2. The lowest BCUT2D eigenvalue weighted by molar-refractivity contribution is 0.669. The highest BCUT2D eigenvalue weighted by Gasteiger charge is 2.21. The van der Waals surface area contributed by atoms with Crippen LogP contribution >= 0.6 is 0 Å². The van der Waals surface area contributed by atoms with Gasteiger partial charge in [0.15, 0.2) is 0 Å². The maximum Gasteiger partial charge on any atom is 0.137 e. The summed E-state index contributed by atoms with van der Waals surface area (Å²) in [5.41, 5.74) is 15.7. The maximum absolute atomic E-state index is 6.37. The second-order valence-electron chi connectivity index (χ2n) is 15.7. The molecule has 0 aliphatic heterocycles. The quantitative estimate of drug-likeness (QED) is 0.161. The minimum atomic E-state index is 0.870. The van der Waals surface area contributed by atoms with E-state index in [1.54, 1.807) is 0 Å². The zero-order valence-corrected chi connectivity index (χ0v) is 33.2. The number of hydrogen-bond acceptors (Lipinski definition) is 2. The van der Waals surface area contributed by atoms with Gasteiger partial charge in [0.2, 0.25) is 0 Å². The fourth-order valence-corrected chi connectivity index (χ4v) is 9.38. The standard InChI is InChI=1S/C58H38N2O/c1-3-13-39(14-4-1)40-25-32-45(33-26-40)59(52-22-12-24-55-57(52)50-19-8-10-23-54(50)61-55)46-34-27-41(28-35-46)42-29-36-47(37-30-42)60-51-21-9-7-18-49(51)58-53(60)38-31-44-17-11-20-48(56(44)58)43-15-5-2-6-16-43/h1-38H. The number of furan rings is 1. The van der Waals surface area contributed by atoms with Crippen molar-refractivity contribution in [1.82, 2.24) is 4.57 Å². The average Bonchev–Trinajstić information content (AvgIpc) is 3.89. The van der Waals surface area contributed by atoms with E-state index >= 15 is 0 Å². The minimum absolute atomic E-state index is 0.870. The molecule has 3 heteroatoms. The highest BCUT2D eigenvalue weighted by Crippen LogP contribution is 2.44. The number of nitrogens with zero attached hydrogens (tertiary/aromatic N) is 2. The molecule has 61 heavy (non-hydrogen) atoms. The van der Waals surface area contributed by atoms with E-state index in [1.807, 2.05) is 12.1 Å². The summed E-state index contributed by atoms with van der Waals surface area (Å²) in [7, 11) is 0. The fourth-order valence-electron chi connectivity index (χ4n) is 9.38. The average molecular weight is 779 g/mol. The van der Waals surface area contributed by atoms with Crippen molar-refractivity contribution in [2.75, 3.05) is 4.90 Å². The molecule has 0 saturated heterocycles. The summed E-state index contributed by atoms with van der Waals surface area (Å²) in [6, 6.07) is 82.8. The number of benzene rings is 10. The van der Waals surface area contributed by atoms with Crippen molar-refractivity contribution < 1.29 is 4.42 Å². The molecule has 0 atom stereocenters. The Balaban J connectivity index is 0.943. The zero-order chi connectivity index (χ0) is 40.3. The normalized spacial score (nSPS) is 11.6. The SMILES string of the molecule is c1ccc(-c2ccc(N(c3ccc(-c4ccc(-n5c6ccccc6c6c7c(-c8ccccc8)cccc7ccc65)cc4)cc3)c3cccc4oc5ccccc5c34)cc2)cc1. The van der Waals surface area contributed by atoms with Crippen LogP contribution in [0, 0.1) is 0 Å². The van der Waals surface area contributed by atoms with E-state index in [-0.39, 0.29) is 0 Å². The Hall–Kier alpha value is -8.14. The second-order valence-corrected chi connectivity index (χ2v) is 15.7. The number of aromatic nitrogens is 1. The molecule has 286 valence electrons. The Bertz CT molecular complexity index is 3550. The largest absolute Gasteiger partial charge is 0.456 e. The minimum Gasteiger partial charge on any atom is -0.456 e. The molecular formula is C58H38N2O. The predicted molar refractivity (Wildman–Crippen MR) is 257 cm³/mol. The first kappa shape index (κ1) is 34.9. The van der Waals surface area contributed by atoms with Gasteiger partial charge in [-0.1, -0.05) is 164 Å². The molecule has 2 aromatic heterocycles. The van der Waals surface area contributed by atoms with E-state index in [1.165, 1.54) is 54.8 Å². The van der Waals surface area contributed by atoms with E-state index < -0.39 is 0 Å². The molecule has 0 spiro atoms. The molecule has 0 fully saturated rings. The molecule has 0 bridgehead atoms. The summed E-state index contributed by atoms with van der Waals surface area (Å²) in [4.78, 5) is 2.35. The lowest BCUT2D eigenvalue weighted by atomic mass is 9.94. The van der Waals surface area contributed by atoms with Crippen LogP contribution in [0.15, 0.2) is 235 Å². The molecule has 0 radical (unpaired) electrons. The van der Waals surface area contributed by atoms with Crippen molar-refractivity contribution in [1.29, 1.82) is 0 Å². The van der Waals surface area contributed by atoms with Crippen LogP contribution in [0.2, 0.25) is 0 Å². The first-order valence-corrected chi connectivity index (χ1v) is 20.8. The topological polar surface area (TPSA) is 21.3 Å². The highest BCUT2D eigenvalue weighted by molar-refractivity contribution is 6.25. The van der Waals surface area contributed by atoms with Gasteiger partial charge in [0.05, 0.1) is 22.1 Å². The molecule has 12 aromatic rings. The van der Waals surface area contributed by atoms with Gasteiger partial charge in [-0.05, 0) is 111 Å². The fraction of sp³-hybridized carbons (Fsp3) is 0. The van der Waals surface area contributed by atoms with Crippen LogP contribution in [0.1, 0.15) is 0 Å². The molecule has 0 aliphatic rings. The number of hydrogen-bond donors (Lipinski definition) is 0. The van der Waals surface area contributed by atoms with E-state index in [0.29, 0.717) is 0 Å². The van der Waals surface area contributed by atoms with Gasteiger partial charge in [-0.25, -0.2) is 0 Å². The van der Waals surface area contributed by atoms with Crippen LogP contribution in [0.5, 0.6) is 0 Å². The third-order valence-electron chi connectivity index (χ3n) is 12.2. The Morgan fingerprint density at radius 2 is 0.885 bits per heavy atom. The molecule has 0 saturated carbocycles. The van der Waals surface area contributed by atoms with Crippen molar-refractivity contribution in [3.63, 3.8) is 0 Å². The number of rotatable bonds is 7. The summed E-state index contributed by atoms with van der Waals surface area (Å²) in [6.07, 6.45) is 0. The van der Waals surface area contributed by atoms with Crippen LogP contribution in [0.4, 0.5) is 17.1 Å². The molecule has 10 aromatic carbocycles. The number of anilines is 3. The van der Waals surface area contributed by atoms with E-state index in [4.69, 9.17) is 4.42 Å². The van der Waals surface area contributed by atoms with Gasteiger partial charge in [0.25, 0.3) is 0 Å². The van der Waals surface area contributed by atoms with Crippen molar-refractivity contribution in [3.8, 4) is 39.1 Å². The smallest absolute Gasteiger partial charge is 0.137 e. The van der Waals surface area contributed by atoms with Gasteiger partial charge in [0.1, 0.15) is 11.2 Å². The Morgan fingerprint density at radius 3 is 1.59 bits per heavy atom. The Labute approximate surface area is 353 Å². The first-order valence-electron chi connectivity index (χ1n) is 20.8. The number of para-hydroxylation sites is 2. The van der Waals surface area contributed by atoms with Gasteiger partial charge in [-0.2, -0.15) is 0 Å². The Kier molecular flexibility index (Phi) is 8.17. The van der Waals surface area contributed by atoms with E-state index in [2.05, 4.69) is 228 Å². The highest BCUT2D eigenvalue weighted by atomic mass is 16.3. The molecule has 0 unspecified atom stereocenters. The van der Waals surface area contributed by atoms with Crippen molar-refractivity contribution in [2.24, 2.45) is 0 Å². The summed E-state index contributed by atoms with van der Waals surface area (Å²) in [5, 5.41) is 7.27. The van der Waals surface area contributed by atoms with Crippen LogP contribution in [-0.4, -0.2) is 4.57 Å². The van der Waals surface area contributed by atoms with Crippen LogP contribution < -0.4 is 4.90 Å². The van der Waals surface area contributed by atoms with Gasteiger partial charge < -0.3 is 13.9 Å². The predicted octanol–water partition coefficient (Wildman–Crippen LogP) is 16.3. The molecule has 0 aliphatic carbocycles. The monoisotopic (exact) mass is 778 g/mol. The Morgan fingerprint density at radius 1 is 0.328 bits per heavy atom. The molecule has 12 rings (SSSR count). The lowest BCUT2D eigenvalue weighted by Crippen LogP contribution is -2.10. The molecule has 3 nitrogen and oxygen atoms in total. The van der Waals surface area contributed by atoms with Crippen molar-refractivity contribution in [2.45, 2.75) is 0 Å². The lowest BCUT2D eigenvalue weighted by Gasteiger charge is -2.26.